The first-order chi connectivity index (χ1) is 7.22. The van der Waals surface area contributed by atoms with Gasteiger partial charge in [0.15, 0.2) is 8.32 Å². The van der Waals surface area contributed by atoms with Crippen molar-refractivity contribution in [1.82, 2.24) is 0 Å². The van der Waals surface area contributed by atoms with E-state index in [1.807, 2.05) is 0 Å². The Kier molecular flexibility index (Phi) is 4.41. The van der Waals surface area contributed by atoms with E-state index in [4.69, 9.17) is 4.43 Å². The first-order valence-corrected chi connectivity index (χ1v) is 9.44. The van der Waals surface area contributed by atoms with Gasteiger partial charge in [0.2, 0.25) is 0 Å². The van der Waals surface area contributed by atoms with Crippen molar-refractivity contribution in [2.75, 3.05) is 6.61 Å². The molecule has 0 spiro atoms. The van der Waals surface area contributed by atoms with Crippen LogP contribution in [0.2, 0.25) is 18.1 Å². The van der Waals surface area contributed by atoms with Crippen molar-refractivity contribution in [3.63, 3.8) is 0 Å². The van der Waals surface area contributed by atoms with Crippen LogP contribution in [-0.2, 0) is 4.43 Å². The minimum absolute atomic E-state index is 0.339. The predicted molar refractivity (Wildman–Crippen MR) is 74.2 cm³/mol. The molecule has 94 valence electrons. The summed E-state index contributed by atoms with van der Waals surface area (Å²) in [6, 6.07) is 0. The standard InChI is InChI=1S/C14H28OSi/c1-12-7-9-13(10-8-12)11-15-16(5,6)14(2,3)4/h13H,1,7-11H2,2-6H3. The summed E-state index contributed by atoms with van der Waals surface area (Å²) in [5, 5.41) is 0.339. The summed E-state index contributed by atoms with van der Waals surface area (Å²) in [5.41, 5.74) is 1.43. The van der Waals surface area contributed by atoms with E-state index in [0.717, 1.165) is 12.5 Å². The Bertz CT molecular complexity index is 240. The van der Waals surface area contributed by atoms with Gasteiger partial charge in [0.25, 0.3) is 0 Å². The molecule has 0 amide bonds. The molecule has 1 aliphatic rings. The molecular formula is C14H28OSi. The second-order valence-electron chi connectivity index (χ2n) is 6.76. The lowest BCUT2D eigenvalue weighted by atomic mass is 9.87. The van der Waals surface area contributed by atoms with Crippen LogP contribution in [0.1, 0.15) is 46.5 Å². The largest absolute Gasteiger partial charge is 0.417 e. The second kappa shape index (κ2) is 5.05. The minimum Gasteiger partial charge on any atom is -0.417 e. The van der Waals surface area contributed by atoms with Gasteiger partial charge in [-0.1, -0.05) is 32.9 Å². The molecule has 0 radical (unpaired) electrons. The van der Waals surface area contributed by atoms with Crippen LogP contribution in [0.15, 0.2) is 12.2 Å². The highest BCUT2D eigenvalue weighted by Gasteiger charge is 2.37. The summed E-state index contributed by atoms with van der Waals surface area (Å²) < 4.78 is 6.28. The molecule has 0 aromatic heterocycles. The molecule has 0 aromatic rings. The molecule has 0 N–H and O–H groups in total. The highest BCUT2D eigenvalue weighted by molar-refractivity contribution is 6.74. The Balaban J connectivity index is 2.37. The summed E-state index contributed by atoms with van der Waals surface area (Å²) in [5.74, 6) is 0.777. The maximum atomic E-state index is 6.28. The zero-order chi connectivity index (χ0) is 12.4. The zero-order valence-electron chi connectivity index (χ0n) is 11.7. The van der Waals surface area contributed by atoms with Crippen LogP contribution in [0, 0.1) is 5.92 Å². The normalized spacial score (nSPS) is 20.2. The van der Waals surface area contributed by atoms with Crippen molar-refractivity contribution in [2.24, 2.45) is 5.92 Å². The van der Waals surface area contributed by atoms with E-state index in [1.54, 1.807) is 0 Å². The summed E-state index contributed by atoms with van der Waals surface area (Å²) in [6.45, 7) is 16.6. The van der Waals surface area contributed by atoms with E-state index in [0.29, 0.717) is 5.04 Å². The van der Waals surface area contributed by atoms with Crippen molar-refractivity contribution >= 4 is 8.32 Å². The molecule has 1 aliphatic carbocycles. The second-order valence-corrected chi connectivity index (χ2v) is 11.6. The topological polar surface area (TPSA) is 9.23 Å². The molecular weight excluding hydrogens is 212 g/mol. The Morgan fingerprint density at radius 3 is 2.19 bits per heavy atom. The summed E-state index contributed by atoms with van der Waals surface area (Å²) in [7, 11) is -1.53. The monoisotopic (exact) mass is 240 g/mol. The van der Waals surface area contributed by atoms with Crippen molar-refractivity contribution in [2.45, 2.75) is 64.6 Å². The van der Waals surface area contributed by atoms with Gasteiger partial charge in [0.1, 0.15) is 0 Å². The lowest BCUT2D eigenvalue weighted by Gasteiger charge is -2.38. The third-order valence-corrected chi connectivity index (χ3v) is 8.80. The number of hydrogen-bond acceptors (Lipinski definition) is 1. The Morgan fingerprint density at radius 1 is 1.25 bits per heavy atom. The van der Waals surface area contributed by atoms with E-state index in [-0.39, 0.29) is 0 Å². The van der Waals surface area contributed by atoms with Gasteiger partial charge in [-0.15, -0.1) is 0 Å². The van der Waals surface area contributed by atoms with Crippen LogP contribution in [0.4, 0.5) is 0 Å². The van der Waals surface area contributed by atoms with Gasteiger partial charge in [-0.05, 0) is 49.7 Å². The summed E-state index contributed by atoms with van der Waals surface area (Å²) >= 11 is 0. The van der Waals surface area contributed by atoms with Crippen LogP contribution in [0.5, 0.6) is 0 Å². The van der Waals surface area contributed by atoms with Crippen LogP contribution >= 0.6 is 0 Å². The highest BCUT2D eigenvalue weighted by Crippen LogP contribution is 2.37. The van der Waals surface area contributed by atoms with Crippen molar-refractivity contribution in [3.8, 4) is 0 Å². The van der Waals surface area contributed by atoms with E-state index in [1.165, 1.54) is 31.3 Å². The fourth-order valence-corrected chi connectivity index (χ4v) is 2.88. The molecule has 1 nitrogen and oxygen atoms in total. The molecule has 0 saturated heterocycles. The maximum Gasteiger partial charge on any atom is 0.191 e. The maximum absolute atomic E-state index is 6.28. The first kappa shape index (κ1) is 14.0. The Morgan fingerprint density at radius 2 is 1.75 bits per heavy atom. The van der Waals surface area contributed by atoms with E-state index < -0.39 is 8.32 Å². The first-order valence-electron chi connectivity index (χ1n) is 6.53. The number of rotatable bonds is 3. The highest BCUT2D eigenvalue weighted by atomic mass is 28.4. The number of allylic oxidation sites excluding steroid dienone is 1. The average molecular weight is 240 g/mol. The third-order valence-electron chi connectivity index (χ3n) is 4.30. The van der Waals surface area contributed by atoms with Gasteiger partial charge >= 0.3 is 0 Å². The quantitative estimate of drug-likeness (QED) is 0.511. The van der Waals surface area contributed by atoms with Crippen molar-refractivity contribution in [1.29, 1.82) is 0 Å². The van der Waals surface area contributed by atoms with Crippen molar-refractivity contribution < 1.29 is 4.43 Å². The molecule has 0 aliphatic heterocycles. The van der Waals surface area contributed by atoms with Gasteiger partial charge in [0.05, 0.1) is 0 Å². The summed E-state index contributed by atoms with van der Waals surface area (Å²) in [4.78, 5) is 0. The van der Waals surface area contributed by atoms with Crippen LogP contribution < -0.4 is 0 Å². The van der Waals surface area contributed by atoms with E-state index >= 15 is 0 Å². The molecule has 0 bridgehead atoms. The molecule has 0 atom stereocenters. The smallest absolute Gasteiger partial charge is 0.191 e. The molecule has 2 heteroatoms. The minimum atomic E-state index is -1.53. The van der Waals surface area contributed by atoms with Gasteiger partial charge in [0, 0.05) is 6.61 Å². The molecule has 1 fully saturated rings. The fraction of sp³-hybridized carbons (Fsp3) is 0.857. The van der Waals surface area contributed by atoms with Crippen LogP contribution in [0.25, 0.3) is 0 Å². The molecule has 16 heavy (non-hydrogen) atoms. The Hall–Kier alpha value is -0.0831. The van der Waals surface area contributed by atoms with Gasteiger partial charge in [-0.2, -0.15) is 0 Å². The molecule has 0 heterocycles. The van der Waals surface area contributed by atoms with E-state index in [9.17, 15) is 0 Å². The number of hydrogen-bond donors (Lipinski definition) is 0. The van der Waals surface area contributed by atoms with Gasteiger partial charge in [-0.3, -0.25) is 0 Å². The fourth-order valence-electron chi connectivity index (χ4n) is 1.80. The van der Waals surface area contributed by atoms with Gasteiger partial charge < -0.3 is 4.43 Å². The van der Waals surface area contributed by atoms with E-state index in [2.05, 4.69) is 40.4 Å². The molecule has 1 rings (SSSR count). The lowest BCUT2D eigenvalue weighted by molar-refractivity contribution is 0.204. The van der Waals surface area contributed by atoms with Crippen molar-refractivity contribution in [3.05, 3.63) is 12.2 Å². The summed E-state index contributed by atoms with van der Waals surface area (Å²) in [6.07, 6.45) is 5.00. The van der Waals surface area contributed by atoms with Crippen LogP contribution in [0.3, 0.4) is 0 Å². The Labute approximate surface area is 102 Å². The van der Waals surface area contributed by atoms with Gasteiger partial charge in [-0.25, -0.2) is 0 Å². The average Bonchev–Trinajstić information content (AvgIpc) is 2.15. The lowest BCUT2D eigenvalue weighted by Crippen LogP contribution is -2.42. The van der Waals surface area contributed by atoms with Crippen LogP contribution in [-0.4, -0.2) is 14.9 Å². The third kappa shape index (κ3) is 3.74. The zero-order valence-corrected chi connectivity index (χ0v) is 12.7. The predicted octanol–water partition coefficient (Wildman–Crippen LogP) is 4.75. The molecule has 0 unspecified atom stereocenters. The molecule has 0 aromatic carbocycles. The SMILES string of the molecule is C=C1CCC(CO[Si](C)(C)C(C)(C)C)CC1. The molecule has 1 saturated carbocycles.